The molecule has 0 bridgehead atoms. The van der Waals surface area contributed by atoms with Gasteiger partial charge in [0.05, 0.1) is 5.56 Å². The van der Waals surface area contributed by atoms with Crippen LogP contribution in [0.2, 0.25) is 0 Å². The molecule has 0 aliphatic carbocycles. The van der Waals surface area contributed by atoms with Gasteiger partial charge in [-0.3, -0.25) is 4.79 Å². The minimum absolute atomic E-state index is 0.104. The molecule has 2 aromatic carbocycles. The molecular formula is C15H12BrFO. The van der Waals surface area contributed by atoms with Gasteiger partial charge >= 0.3 is 0 Å². The van der Waals surface area contributed by atoms with E-state index in [-0.39, 0.29) is 11.3 Å². The Balaban J connectivity index is 2.51. The Kier molecular flexibility index (Phi) is 3.62. The second kappa shape index (κ2) is 5.02. The largest absolute Gasteiger partial charge is 0.288 e. The molecule has 0 saturated heterocycles. The summed E-state index contributed by atoms with van der Waals surface area (Å²) < 4.78 is 14.4. The normalized spacial score (nSPS) is 10.4. The molecule has 0 atom stereocenters. The molecule has 0 amide bonds. The van der Waals surface area contributed by atoms with Crippen molar-refractivity contribution in [2.24, 2.45) is 0 Å². The lowest BCUT2D eigenvalue weighted by atomic mass is 9.97. The summed E-state index contributed by atoms with van der Waals surface area (Å²) in [6.07, 6.45) is 0. The predicted molar refractivity (Wildman–Crippen MR) is 73.4 cm³/mol. The zero-order chi connectivity index (χ0) is 13.3. The second-order valence-electron chi connectivity index (χ2n) is 4.27. The molecule has 0 fully saturated rings. The van der Waals surface area contributed by atoms with Crippen LogP contribution in [0.4, 0.5) is 4.39 Å². The number of ketones is 1. The van der Waals surface area contributed by atoms with E-state index in [2.05, 4.69) is 15.9 Å². The van der Waals surface area contributed by atoms with Crippen LogP contribution >= 0.6 is 15.9 Å². The van der Waals surface area contributed by atoms with E-state index in [1.54, 1.807) is 12.1 Å². The maximum atomic E-state index is 13.8. The Morgan fingerprint density at radius 1 is 1.06 bits per heavy atom. The molecule has 1 nitrogen and oxygen atoms in total. The molecular weight excluding hydrogens is 295 g/mol. The van der Waals surface area contributed by atoms with Gasteiger partial charge in [-0.25, -0.2) is 4.39 Å². The van der Waals surface area contributed by atoms with Gasteiger partial charge < -0.3 is 0 Å². The fraction of sp³-hybridized carbons (Fsp3) is 0.133. The average Bonchev–Trinajstić information content (AvgIpc) is 2.31. The summed E-state index contributed by atoms with van der Waals surface area (Å²) in [6.45, 7) is 3.76. The van der Waals surface area contributed by atoms with Crippen LogP contribution in [0.15, 0.2) is 40.9 Å². The van der Waals surface area contributed by atoms with Crippen molar-refractivity contribution in [2.45, 2.75) is 13.8 Å². The number of benzene rings is 2. The van der Waals surface area contributed by atoms with Gasteiger partial charge in [-0.05, 0) is 43.7 Å². The summed E-state index contributed by atoms with van der Waals surface area (Å²) in [7, 11) is 0. The van der Waals surface area contributed by atoms with Gasteiger partial charge in [0, 0.05) is 10.0 Å². The van der Waals surface area contributed by atoms with E-state index in [9.17, 15) is 9.18 Å². The molecule has 0 unspecified atom stereocenters. The van der Waals surface area contributed by atoms with Crippen molar-refractivity contribution in [1.29, 1.82) is 0 Å². The molecule has 92 valence electrons. The van der Waals surface area contributed by atoms with Gasteiger partial charge in [0.1, 0.15) is 5.82 Å². The summed E-state index contributed by atoms with van der Waals surface area (Å²) in [4.78, 5) is 12.3. The average molecular weight is 307 g/mol. The van der Waals surface area contributed by atoms with Crippen LogP contribution in [0, 0.1) is 19.7 Å². The molecule has 0 heterocycles. The first-order valence-electron chi connectivity index (χ1n) is 5.56. The topological polar surface area (TPSA) is 17.1 Å². The minimum atomic E-state index is -0.504. The van der Waals surface area contributed by atoms with Crippen LogP contribution < -0.4 is 0 Å². The SMILES string of the molecule is Cc1ccc(C)c(C(=O)c2ccc(Br)cc2F)c1. The van der Waals surface area contributed by atoms with Crippen LogP contribution in [0.5, 0.6) is 0 Å². The highest BCUT2D eigenvalue weighted by Crippen LogP contribution is 2.20. The van der Waals surface area contributed by atoms with Crippen LogP contribution in [0.3, 0.4) is 0 Å². The van der Waals surface area contributed by atoms with Crippen LogP contribution in [-0.4, -0.2) is 5.78 Å². The zero-order valence-electron chi connectivity index (χ0n) is 10.1. The minimum Gasteiger partial charge on any atom is -0.288 e. The molecule has 0 radical (unpaired) electrons. The molecule has 0 spiro atoms. The quantitative estimate of drug-likeness (QED) is 0.750. The number of hydrogen-bond acceptors (Lipinski definition) is 1. The number of carbonyl (C=O) groups excluding carboxylic acids is 1. The van der Waals surface area contributed by atoms with E-state index >= 15 is 0 Å². The fourth-order valence-corrected chi connectivity index (χ4v) is 2.13. The Morgan fingerprint density at radius 3 is 2.44 bits per heavy atom. The zero-order valence-corrected chi connectivity index (χ0v) is 11.7. The highest BCUT2D eigenvalue weighted by atomic mass is 79.9. The van der Waals surface area contributed by atoms with Gasteiger partial charge in [0.2, 0.25) is 0 Å². The number of hydrogen-bond donors (Lipinski definition) is 0. The van der Waals surface area contributed by atoms with E-state index in [4.69, 9.17) is 0 Å². The van der Waals surface area contributed by atoms with E-state index in [0.717, 1.165) is 11.1 Å². The summed E-state index contributed by atoms with van der Waals surface area (Å²) >= 11 is 3.18. The van der Waals surface area contributed by atoms with Crippen molar-refractivity contribution >= 4 is 21.7 Å². The molecule has 0 aliphatic heterocycles. The van der Waals surface area contributed by atoms with Gasteiger partial charge in [0.25, 0.3) is 0 Å². The highest BCUT2D eigenvalue weighted by Gasteiger charge is 2.16. The predicted octanol–water partition coefficient (Wildman–Crippen LogP) is 4.44. The Bertz CT molecular complexity index is 620. The fourth-order valence-electron chi connectivity index (χ4n) is 1.80. The first-order chi connectivity index (χ1) is 8.49. The number of halogens is 2. The number of rotatable bonds is 2. The summed E-state index contributed by atoms with van der Waals surface area (Å²) in [6, 6.07) is 10.1. The molecule has 0 aliphatic rings. The van der Waals surface area contributed by atoms with Gasteiger partial charge in [-0.1, -0.05) is 33.6 Å². The summed E-state index contributed by atoms with van der Waals surface area (Å²) in [5.41, 5.74) is 2.50. The molecule has 0 saturated carbocycles. The van der Waals surface area contributed by atoms with Gasteiger partial charge in [-0.15, -0.1) is 0 Å². The number of aryl methyl sites for hydroxylation is 2. The first-order valence-corrected chi connectivity index (χ1v) is 6.35. The highest BCUT2D eigenvalue weighted by molar-refractivity contribution is 9.10. The monoisotopic (exact) mass is 306 g/mol. The van der Waals surface area contributed by atoms with E-state index in [0.29, 0.717) is 10.0 Å². The molecule has 0 N–H and O–H groups in total. The standard InChI is InChI=1S/C15H12BrFO/c1-9-3-4-10(2)13(7-9)15(18)12-6-5-11(16)8-14(12)17/h3-8H,1-2H3. The van der Waals surface area contributed by atoms with E-state index < -0.39 is 5.82 Å². The molecule has 18 heavy (non-hydrogen) atoms. The number of carbonyl (C=O) groups is 1. The van der Waals surface area contributed by atoms with Crippen molar-refractivity contribution in [3.8, 4) is 0 Å². The smallest absolute Gasteiger partial charge is 0.196 e. The molecule has 3 heteroatoms. The Morgan fingerprint density at radius 2 is 1.78 bits per heavy atom. The summed E-state index contributed by atoms with van der Waals surface area (Å²) in [5, 5.41) is 0. The maximum Gasteiger partial charge on any atom is 0.196 e. The van der Waals surface area contributed by atoms with Crippen molar-refractivity contribution < 1.29 is 9.18 Å². The van der Waals surface area contributed by atoms with Crippen molar-refractivity contribution in [2.75, 3.05) is 0 Å². The molecule has 0 aromatic heterocycles. The summed E-state index contributed by atoms with van der Waals surface area (Å²) in [5.74, 6) is -0.781. The van der Waals surface area contributed by atoms with Crippen molar-refractivity contribution in [3.63, 3.8) is 0 Å². The van der Waals surface area contributed by atoms with Crippen LogP contribution in [0.1, 0.15) is 27.0 Å². The lowest BCUT2D eigenvalue weighted by molar-refractivity contribution is 0.103. The lowest BCUT2D eigenvalue weighted by Crippen LogP contribution is -2.06. The Hall–Kier alpha value is -1.48. The van der Waals surface area contributed by atoms with Crippen LogP contribution in [0.25, 0.3) is 0 Å². The van der Waals surface area contributed by atoms with E-state index in [1.165, 1.54) is 12.1 Å². The molecule has 2 rings (SSSR count). The van der Waals surface area contributed by atoms with Gasteiger partial charge in [-0.2, -0.15) is 0 Å². The van der Waals surface area contributed by atoms with Crippen molar-refractivity contribution in [1.82, 2.24) is 0 Å². The van der Waals surface area contributed by atoms with Crippen molar-refractivity contribution in [3.05, 3.63) is 68.9 Å². The third kappa shape index (κ3) is 2.51. The third-order valence-corrected chi connectivity index (χ3v) is 3.31. The maximum absolute atomic E-state index is 13.8. The second-order valence-corrected chi connectivity index (χ2v) is 5.19. The Labute approximate surface area is 114 Å². The third-order valence-electron chi connectivity index (χ3n) is 2.81. The lowest BCUT2D eigenvalue weighted by Gasteiger charge is -2.07. The molecule has 2 aromatic rings. The van der Waals surface area contributed by atoms with E-state index in [1.807, 2.05) is 26.0 Å². The first kappa shape index (κ1) is 13.0. The van der Waals surface area contributed by atoms with Gasteiger partial charge in [0.15, 0.2) is 5.78 Å². The van der Waals surface area contributed by atoms with Crippen LogP contribution in [-0.2, 0) is 0 Å².